The van der Waals surface area contributed by atoms with Gasteiger partial charge in [-0.1, -0.05) is 11.6 Å². The summed E-state index contributed by atoms with van der Waals surface area (Å²) < 4.78 is 3.17. The van der Waals surface area contributed by atoms with Gasteiger partial charge < -0.3 is 9.83 Å². The maximum absolute atomic E-state index is 11.1. The number of aryl methyl sites for hydroxylation is 1. The largest absolute Gasteiger partial charge is 0.478 e. The number of carboxylic acid groups (broad SMARTS) is 1. The highest BCUT2D eigenvalue weighted by Gasteiger charge is 2.13. The van der Waals surface area contributed by atoms with Gasteiger partial charge in [-0.15, -0.1) is 10.7 Å². The molecule has 1 unspecified atom stereocenters. The third kappa shape index (κ3) is 3.00. The molecule has 0 amide bonds. The first-order valence-electron chi connectivity index (χ1n) is 4.70. The summed E-state index contributed by atoms with van der Waals surface area (Å²) in [4.78, 5) is 11.1. The first-order valence-corrected chi connectivity index (χ1v) is 6.77. The van der Waals surface area contributed by atoms with Gasteiger partial charge in [0, 0.05) is 5.02 Å². The van der Waals surface area contributed by atoms with E-state index in [0.717, 1.165) is 5.56 Å². The van der Waals surface area contributed by atoms with Crippen molar-refractivity contribution in [1.82, 2.24) is 0 Å². The summed E-state index contributed by atoms with van der Waals surface area (Å²) in [6.45, 7) is 3.77. The monoisotopic (exact) mass is 259 g/mol. The average Bonchev–Trinajstić information content (AvgIpc) is 2.20. The molecule has 0 heterocycles. The molecule has 0 aromatic heterocycles. The number of hydrogen-bond acceptors (Lipinski definition) is 2. The van der Waals surface area contributed by atoms with Crippen LogP contribution in [0.1, 0.15) is 22.8 Å². The number of aromatic carboxylic acids is 1. The molecule has 0 saturated carbocycles. The average molecular weight is 260 g/mol. The smallest absolute Gasteiger partial charge is 0.337 e. The summed E-state index contributed by atoms with van der Waals surface area (Å²) in [6.07, 6.45) is 1.99. The van der Waals surface area contributed by atoms with E-state index in [-0.39, 0.29) is 16.2 Å². The lowest BCUT2D eigenvalue weighted by Crippen LogP contribution is -2.04. The Morgan fingerprint density at radius 3 is 2.69 bits per heavy atom. The minimum absolute atomic E-state index is 0.153. The van der Waals surface area contributed by atoms with E-state index >= 15 is 0 Å². The number of nitrogens with one attached hydrogen (secondary N) is 1. The van der Waals surface area contributed by atoms with Crippen molar-refractivity contribution in [3.05, 3.63) is 28.3 Å². The molecule has 0 aliphatic rings. The van der Waals surface area contributed by atoms with Gasteiger partial charge in [0.1, 0.15) is 0 Å². The minimum atomic E-state index is -0.971. The van der Waals surface area contributed by atoms with Gasteiger partial charge in [0.15, 0.2) is 0 Å². The molecule has 0 bridgehead atoms. The second-order valence-electron chi connectivity index (χ2n) is 3.35. The molecule has 0 spiro atoms. The van der Waals surface area contributed by atoms with Crippen molar-refractivity contribution < 1.29 is 9.90 Å². The standard InChI is InChI=1S/C11H14ClNO2S/c1-4-16(3)13-10-7(2)5-8(12)6-9(10)11(14)15/h4-6,13H,1-3H3,(H,14,15). The van der Waals surface area contributed by atoms with Crippen molar-refractivity contribution >= 4 is 39.3 Å². The fourth-order valence-electron chi connectivity index (χ4n) is 1.27. The number of halogens is 1. The number of benzene rings is 1. The lowest BCUT2D eigenvalue weighted by atomic mass is 10.1. The number of rotatable bonds is 3. The zero-order valence-corrected chi connectivity index (χ0v) is 10.9. The highest BCUT2D eigenvalue weighted by Crippen LogP contribution is 2.28. The molecule has 0 aliphatic carbocycles. The summed E-state index contributed by atoms with van der Waals surface area (Å²) in [7, 11) is -0.153. The van der Waals surface area contributed by atoms with Crippen LogP contribution >= 0.6 is 22.3 Å². The van der Waals surface area contributed by atoms with E-state index < -0.39 is 5.97 Å². The van der Waals surface area contributed by atoms with Crippen molar-refractivity contribution in [3.8, 4) is 0 Å². The van der Waals surface area contributed by atoms with E-state index in [9.17, 15) is 4.79 Å². The molecular formula is C11H14ClNO2S. The molecule has 88 valence electrons. The molecule has 1 aromatic carbocycles. The van der Waals surface area contributed by atoms with Gasteiger partial charge in [-0.05, 0) is 43.2 Å². The Morgan fingerprint density at radius 1 is 1.56 bits per heavy atom. The van der Waals surface area contributed by atoms with Crippen molar-refractivity contribution in [2.45, 2.75) is 13.8 Å². The molecule has 2 N–H and O–H groups in total. The Hall–Kier alpha value is -1.00. The van der Waals surface area contributed by atoms with E-state index in [1.54, 1.807) is 6.07 Å². The molecule has 3 nitrogen and oxygen atoms in total. The van der Waals surface area contributed by atoms with E-state index in [4.69, 9.17) is 16.7 Å². The van der Waals surface area contributed by atoms with Crippen LogP contribution in [0.15, 0.2) is 12.1 Å². The van der Waals surface area contributed by atoms with Crippen LogP contribution in [0.5, 0.6) is 0 Å². The van der Waals surface area contributed by atoms with Gasteiger partial charge in [-0.3, -0.25) is 0 Å². The lowest BCUT2D eigenvalue weighted by molar-refractivity contribution is 0.0698. The van der Waals surface area contributed by atoms with Crippen LogP contribution in [0.25, 0.3) is 0 Å². The van der Waals surface area contributed by atoms with E-state index in [1.165, 1.54) is 6.07 Å². The Labute approximate surface area is 102 Å². The summed E-state index contributed by atoms with van der Waals surface area (Å²) in [5.74, 6) is -0.971. The Kier molecular flexibility index (Phi) is 4.38. The summed E-state index contributed by atoms with van der Waals surface area (Å²) in [5.41, 5.74) is 1.69. The predicted molar refractivity (Wildman–Crippen MR) is 72.0 cm³/mol. The normalized spacial score (nSPS) is 12.5. The van der Waals surface area contributed by atoms with Gasteiger partial charge in [-0.2, -0.15) is 0 Å². The van der Waals surface area contributed by atoms with Crippen LogP contribution in [0.4, 0.5) is 5.69 Å². The van der Waals surface area contributed by atoms with Gasteiger partial charge in [-0.25, -0.2) is 4.79 Å². The highest BCUT2D eigenvalue weighted by molar-refractivity contribution is 8.15. The molecular weight excluding hydrogens is 246 g/mol. The van der Waals surface area contributed by atoms with Gasteiger partial charge in [0.25, 0.3) is 0 Å². The quantitative estimate of drug-likeness (QED) is 0.818. The molecule has 0 fully saturated rings. The molecule has 5 heteroatoms. The van der Waals surface area contributed by atoms with Crippen molar-refractivity contribution in [1.29, 1.82) is 0 Å². The van der Waals surface area contributed by atoms with E-state index in [0.29, 0.717) is 10.7 Å². The highest BCUT2D eigenvalue weighted by atomic mass is 35.5. The third-order valence-corrected chi connectivity index (χ3v) is 3.60. The zero-order chi connectivity index (χ0) is 12.3. The molecule has 0 aliphatic heterocycles. The topological polar surface area (TPSA) is 49.3 Å². The first kappa shape index (κ1) is 13.1. The fraction of sp³-hybridized carbons (Fsp3) is 0.273. The Balaban J connectivity index is 3.30. The molecule has 1 aromatic rings. The van der Waals surface area contributed by atoms with Crippen LogP contribution in [-0.2, 0) is 0 Å². The van der Waals surface area contributed by atoms with Gasteiger partial charge in [0.05, 0.1) is 11.3 Å². The summed E-state index contributed by atoms with van der Waals surface area (Å²) in [5, 5.41) is 11.5. The van der Waals surface area contributed by atoms with Crippen LogP contribution in [0.3, 0.4) is 0 Å². The van der Waals surface area contributed by atoms with Crippen molar-refractivity contribution in [2.24, 2.45) is 0 Å². The Bertz CT molecular complexity index is 458. The lowest BCUT2D eigenvalue weighted by Gasteiger charge is -2.14. The Morgan fingerprint density at radius 2 is 2.19 bits per heavy atom. The first-order chi connectivity index (χ1) is 7.45. The molecule has 16 heavy (non-hydrogen) atoms. The second kappa shape index (κ2) is 5.37. The number of carboxylic acids is 1. The maximum atomic E-state index is 11.1. The number of hydrogen-bond donors (Lipinski definition) is 2. The van der Waals surface area contributed by atoms with Crippen LogP contribution in [-0.4, -0.2) is 22.7 Å². The minimum Gasteiger partial charge on any atom is -0.478 e. The summed E-state index contributed by atoms with van der Waals surface area (Å²) >= 11 is 5.84. The maximum Gasteiger partial charge on any atom is 0.337 e. The summed E-state index contributed by atoms with van der Waals surface area (Å²) in [6, 6.07) is 3.22. The second-order valence-corrected chi connectivity index (χ2v) is 5.57. The number of anilines is 1. The van der Waals surface area contributed by atoms with Gasteiger partial charge >= 0.3 is 5.97 Å². The SMILES string of the molecule is C/C=S(\C)Nc1c(C)cc(Cl)cc1C(=O)O. The molecule has 1 rings (SSSR count). The fourth-order valence-corrected chi connectivity index (χ4v) is 2.25. The van der Waals surface area contributed by atoms with Crippen LogP contribution in [0.2, 0.25) is 5.02 Å². The van der Waals surface area contributed by atoms with E-state index in [2.05, 4.69) is 4.72 Å². The van der Waals surface area contributed by atoms with E-state index in [1.807, 2.05) is 25.5 Å². The number of carbonyl (C=O) groups is 1. The van der Waals surface area contributed by atoms with Crippen LogP contribution in [0, 0.1) is 6.92 Å². The van der Waals surface area contributed by atoms with Crippen molar-refractivity contribution in [2.75, 3.05) is 11.0 Å². The molecule has 0 saturated heterocycles. The van der Waals surface area contributed by atoms with Gasteiger partial charge in [0.2, 0.25) is 0 Å². The zero-order valence-electron chi connectivity index (χ0n) is 9.37. The van der Waals surface area contributed by atoms with Crippen LogP contribution < -0.4 is 4.72 Å². The molecule has 1 atom stereocenters. The molecule has 0 radical (unpaired) electrons. The predicted octanol–water partition coefficient (Wildman–Crippen LogP) is 3.39. The third-order valence-electron chi connectivity index (χ3n) is 2.15. The van der Waals surface area contributed by atoms with Crippen molar-refractivity contribution in [3.63, 3.8) is 0 Å².